The van der Waals surface area contributed by atoms with Crippen molar-refractivity contribution in [1.29, 1.82) is 0 Å². The Morgan fingerprint density at radius 1 is 1.04 bits per heavy atom. The fourth-order valence-corrected chi connectivity index (χ4v) is 4.50. The summed E-state index contributed by atoms with van der Waals surface area (Å²) in [5.41, 5.74) is 2.78. The van der Waals surface area contributed by atoms with Crippen LogP contribution in [0.15, 0.2) is 41.3 Å². The fourth-order valence-electron chi connectivity index (χ4n) is 3.02. The number of sulfonamides is 1. The molecule has 0 spiro atoms. The molecule has 6 nitrogen and oxygen atoms in total. The molecule has 0 aliphatic carbocycles. The molecule has 1 amide bonds. The minimum Gasteiger partial charge on any atom is -0.492 e. The number of nitrogens with zero attached hydrogens (tertiary/aromatic N) is 1. The summed E-state index contributed by atoms with van der Waals surface area (Å²) in [7, 11) is -3.64. The maximum Gasteiger partial charge on any atom is 0.256 e. The summed E-state index contributed by atoms with van der Waals surface area (Å²) in [5, 5.41) is 2.81. The van der Waals surface area contributed by atoms with Gasteiger partial charge in [0.15, 0.2) is 0 Å². The zero-order valence-corrected chi connectivity index (χ0v) is 17.9. The number of hydrogen-bond donors (Lipinski definition) is 1. The molecule has 0 radical (unpaired) electrons. The van der Waals surface area contributed by atoms with E-state index in [0.717, 1.165) is 11.1 Å². The van der Waals surface area contributed by atoms with Crippen molar-refractivity contribution in [2.45, 2.75) is 39.5 Å². The third-order valence-corrected chi connectivity index (χ3v) is 6.51. The fraction of sp³-hybridized carbons (Fsp3) is 0.381. The first-order valence-electron chi connectivity index (χ1n) is 9.40. The van der Waals surface area contributed by atoms with Crippen molar-refractivity contribution in [3.63, 3.8) is 0 Å². The number of carbonyl (C=O) groups excluding carboxylic acids is 1. The predicted octanol–water partition coefficient (Wildman–Crippen LogP) is 3.98. The number of rotatable bonds is 8. The van der Waals surface area contributed by atoms with E-state index in [0.29, 0.717) is 36.7 Å². The quantitative estimate of drug-likeness (QED) is 0.722. The Morgan fingerprint density at radius 3 is 2.29 bits per heavy atom. The molecule has 0 aliphatic rings. The van der Waals surface area contributed by atoms with Crippen LogP contribution in [0.3, 0.4) is 0 Å². The van der Waals surface area contributed by atoms with Crippen LogP contribution < -0.4 is 10.1 Å². The Balaban J connectivity index is 2.45. The summed E-state index contributed by atoms with van der Waals surface area (Å²) in [6.07, 6.45) is 0. The van der Waals surface area contributed by atoms with Crippen molar-refractivity contribution in [2.24, 2.45) is 0 Å². The predicted molar refractivity (Wildman–Crippen MR) is 112 cm³/mol. The monoisotopic (exact) mass is 404 g/mol. The lowest BCUT2D eigenvalue weighted by Gasteiger charge is -2.20. The number of carbonyl (C=O) groups is 1. The molecule has 0 atom stereocenters. The Bertz CT molecular complexity index is 951. The van der Waals surface area contributed by atoms with Gasteiger partial charge in [-0.15, -0.1) is 0 Å². The minimum absolute atomic E-state index is 0.121. The molecule has 2 rings (SSSR count). The highest BCUT2D eigenvalue weighted by atomic mass is 32.2. The second-order valence-corrected chi connectivity index (χ2v) is 8.39. The van der Waals surface area contributed by atoms with Gasteiger partial charge in [0.2, 0.25) is 10.0 Å². The van der Waals surface area contributed by atoms with Gasteiger partial charge >= 0.3 is 0 Å². The number of aryl methyl sites for hydroxylation is 2. The molecule has 1 N–H and O–H groups in total. The standard InChI is InChI=1S/C21H28N2O4S/c1-6-23(7-2)28(25,26)17-10-12-20(27-8-3)19(14-17)22-21(24)18-11-9-15(4)13-16(18)5/h9-14H,6-8H2,1-5H3,(H,22,24). The van der Waals surface area contributed by atoms with Crippen LogP contribution in [-0.2, 0) is 10.0 Å². The van der Waals surface area contributed by atoms with Crippen molar-refractivity contribution in [3.05, 3.63) is 53.1 Å². The van der Waals surface area contributed by atoms with Gasteiger partial charge < -0.3 is 10.1 Å². The Morgan fingerprint density at radius 2 is 1.71 bits per heavy atom. The molecule has 0 aliphatic heterocycles. The van der Waals surface area contributed by atoms with Gasteiger partial charge in [0.25, 0.3) is 5.91 Å². The van der Waals surface area contributed by atoms with E-state index in [1.165, 1.54) is 16.4 Å². The number of ether oxygens (including phenoxy) is 1. The number of benzene rings is 2. The first-order chi connectivity index (χ1) is 13.2. The van der Waals surface area contributed by atoms with Crippen LogP contribution in [0.4, 0.5) is 5.69 Å². The van der Waals surface area contributed by atoms with Gasteiger partial charge in [0.1, 0.15) is 5.75 Å². The van der Waals surface area contributed by atoms with Crippen LogP contribution >= 0.6 is 0 Å². The molecule has 28 heavy (non-hydrogen) atoms. The SMILES string of the molecule is CCOc1ccc(S(=O)(=O)N(CC)CC)cc1NC(=O)c1ccc(C)cc1C. The van der Waals surface area contributed by atoms with Crippen LogP contribution in [0.2, 0.25) is 0 Å². The van der Waals surface area contributed by atoms with E-state index >= 15 is 0 Å². The van der Waals surface area contributed by atoms with E-state index < -0.39 is 10.0 Å². The molecule has 0 bridgehead atoms. The molecule has 152 valence electrons. The Labute approximate surface area is 167 Å². The van der Waals surface area contributed by atoms with Gasteiger partial charge in [-0.3, -0.25) is 4.79 Å². The van der Waals surface area contributed by atoms with E-state index in [1.807, 2.05) is 32.9 Å². The van der Waals surface area contributed by atoms with Gasteiger partial charge in [-0.1, -0.05) is 31.5 Å². The van der Waals surface area contributed by atoms with Crippen molar-refractivity contribution < 1.29 is 17.9 Å². The summed E-state index contributed by atoms with van der Waals surface area (Å²) >= 11 is 0. The van der Waals surface area contributed by atoms with Gasteiger partial charge in [0, 0.05) is 18.7 Å². The normalized spacial score (nSPS) is 11.5. The summed E-state index contributed by atoms with van der Waals surface area (Å²) in [6, 6.07) is 10.1. The molecule has 0 saturated heterocycles. The van der Waals surface area contributed by atoms with Gasteiger partial charge in [0.05, 0.1) is 17.2 Å². The van der Waals surface area contributed by atoms with Crippen LogP contribution in [0, 0.1) is 13.8 Å². The highest BCUT2D eigenvalue weighted by Crippen LogP contribution is 2.30. The van der Waals surface area contributed by atoms with Crippen LogP contribution in [0.25, 0.3) is 0 Å². The lowest BCUT2D eigenvalue weighted by molar-refractivity contribution is 0.102. The first kappa shape index (κ1) is 21.9. The first-order valence-corrected chi connectivity index (χ1v) is 10.8. The highest BCUT2D eigenvalue weighted by Gasteiger charge is 2.23. The van der Waals surface area contributed by atoms with E-state index in [-0.39, 0.29) is 10.8 Å². The average Bonchev–Trinajstić information content (AvgIpc) is 2.63. The zero-order valence-electron chi connectivity index (χ0n) is 17.1. The van der Waals surface area contributed by atoms with E-state index in [9.17, 15) is 13.2 Å². The smallest absolute Gasteiger partial charge is 0.256 e. The molecule has 0 unspecified atom stereocenters. The maximum absolute atomic E-state index is 12.8. The lowest BCUT2D eigenvalue weighted by atomic mass is 10.1. The van der Waals surface area contributed by atoms with Crippen molar-refractivity contribution >= 4 is 21.6 Å². The van der Waals surface area contributed by atoms with Crippen molar-refractivity contribution in [1.82, 2.24) is 4.31 Å². The van der Waals surface area contributed by atoms with Gasteiger partial charge in [-0.05, 0) is 50.6 Å². The lowest BCUT2D eigenvalue weighted by Crippen LogP contribution is -2.30. The van der Waals surface area contributed by atoms with Crippen LogP contribution in [0.1, 0.15) is 42.3 Å². The second kappa shape index (κ2) is 9.21. The Kier molecular flexibility index (Phi) is 7.21. The van der Waals surface area contributed by atoms with Gasteiger partial charge in [-0.2, -0.15) is 4.31 Å². The minimum atomic E-state index is -3.64. The molecular weight excluding hydrogens is 376 g/mol. The summed E-state index contributed by atoms with van der Waals surface area (Å²) in [6.45, 7) is 10.4. The summed E-state index contributed by atoms with van der Waals surface area (Å²) in [4.78, 5) is 12.9. The molecule has 0 heterocycles. The topological polar surface area (TPSA) is 75.7 Å². The Hall–Kier alpha value is -2.38. The summed E-state index contributed by atoms with van der Waals surface area (Å²) in [5.74, 6) is 0.120. The largest absolute Gasteiger partial charge is 0.492 e. The molecule has 0 aromatic heterocycles. The zero-order chi connectivity index (χ0) is 20.9. The third-order valence-electron chi connectivity index (χ3n) is 4.47. The molecule has 2 aromatic rings. The van der Waals surface area contributed by atoms with Gasteiger partial charge in [-0.25, -0.2) is 8.42 Å². The third kappa shape index (κ3) is 4.72. The van der Waals surface area contributed by atoms with Crippen LogP contribution in [-0.4, -0.2) is 38.3 Å². The molecule has 0 fully saturated rings. The van der Waals surface area contributed by atoms with Crippen LogP contribution in [0.5, 0.6) is 5.75 Å². The number of anilines is 1. The maximum atomic E-state index is 12.8. The van der Waals surface area contributed by atoms with E-state index in [2.05, 4.69) is 5.32 Å². The molecular formula is C21H28N2O4S. The van der Waals surface area contributed by atoms with E-state index in [1.54, 1.807) is 26.0 Å². The average molecular weight is 405 g/mol. The molecule has 0 saturated carbocycles. The number of nitrogens with one attached hydrogen (secondary N) is 1. The molecule has 2 aromatic carbocycles. The number of amides is 1. The van der Waals surface area contributed by atoms with Crippen molar-refractivity contribution in [3.8, 4) is 5.75 Å². The number of hydrogen-bond acceptors (Lipinski definition) is 4. The molecule has 7 heteroatoms. The van der Waals surface area contributed by atoms with E-state index in [4.69, 9.17) is 4.74 Å². The second-order valence-electron chi connectivity index (χ2n) is 6.45. The highest BCUT2D eigenvalue weighted by molar-refractivity contribution is 7.89. The van der Waals surface area contributed by atoms with Crippen molar-refractivity contribution in [2.75, 3.05) is 25.0 Å². The summed E-state index contributed by atoms with van der Waals surface area (Å²) < 4.78 is 32.6.